The minimum Gasteiger partial charge on any atom is -0.481 e. The van der Waals surface area contributed by atoms with Crippen molar-refractivity contribution in [2.75, 3.05) is 19.7 Å². The topological polar surface area (TPSA) is 453 Å². The Hall–Kier alpha value is -7.98. The number of nitrogens with zero attached hydrogens (tertiary/aromatic N) is 2. The number of aromatic amines is 2. The molecule has 28 nitrogen and oxygen atoms in total. The minimum atomic E-state index is -1.75. The van der Waals surface area contributed by atoms with E-state index in [0.29, 0.717) is 22.2 Å². The number of carbonyl (C=O) groups is 11. The number of amides is 9. The molecule has 17 N–H and O–H groups in total. The number of primary amides is 1. The lowest BCUT2D eigenvalue weighted by Gasteiger charge is -2.30. The van der Waals surface area contributed by atoms with Crippen LogP contribution in [0.4, 0.5) is 0 Å². The number of para-hydroxylation sites is 1. The summed E-state index contributed by atoms with van der Waals surface area (Å²) in [6.07, 6.45) is 1.15. The van der Waals surface area contributed by atoms with Gasteiger partial charge in [-0.1, -0.05) is 32.0 Å². The first-order chi connectivity index (χ1) is 35.5. The highest BCUT2D eigenvalue weighted by molar-refractivity contribution is 5.98. The van der Waals surface area contributed by atoms with Crippen molar-refractivity contribution >= 4 is 76.0 Å². The summed E-state index contributed by atoms with van der Waals surface area (Å²) in [6, 6.07) is -4.63. The second-order valence-electron chi connectivity index (χ2n) is 18.5. The number of fused-ring (bicyclic) bond motifs is 1. The molecule has 9 atom stereocenters. The van der Waals surface area contributed by atoms with Crippen molar-refractivity contribution in [1.82, 2.24) is 57.1 Å². The van der Waals surface area contributed by atoms with Crippen LogP contribution in [-0.4, -0.2) is 180 Å². The van der Waals surface area contributed by atoms with Crippen LogP contribution in [0.3, 0.4) is 0 Å². The van der Waals surface area contributed by atoms with Crippen LogP contribution in [0.1, 0.15) is 77.0 Å². The predicted octanol–water partition coefficient (Wildman–Crippen LogP) is -4.35. The van der Waals surface area contributed by atoms with Crippen LogP contribution in [0, 0.1) is 5.92 Å². The molecule has 1 aliphatic heterocycles. The van der Waals surface area contributed by atoms with E-state index in [9.17, 15) is 73.2 Å². The molecule has 0 bridgehead atoms. The van der Waals surface area contributed by atoms with Crippen molar-refractivity contribution < 1.29 is 73.2 Å². The molecule has 75 heavy (non-hydrogen) atoms. The van der Waals surface area contributed by atoms with E-state index < -0.39 is 146 Å². The molecular formula is C47H67N13O15. The predicted molar refractivity (Wildman–Crippen MR) is 263 cm³/mol. The molecule has 1 fully saturated rings. The number of aliphatic hydroxyl groups excluding tert-OH is 2. The highest BCUT2D eigenvalue weighted by Gasteiger charge is 2.40. The molecule has 2 aromatic heterocycles. The number of carbonyl (C=O) groups excluding carboxylic acids is 9. The number of aliphatic hydroxyl groups is 2. The second kappa shape index (κ2) is 28.5. The average molecular weight is 1050 g/mol. The highest BCUT2D eigenvalue weighted by Crippen LogP contribution is 2.22. The zero-order chi connectivity index (χ0) is 55.5. The summed E-state index contributed by atoms with van der Waals surface area (Å²) in [4.78, 5) is 155. The lowest BCUT2D eigenvalue weighted by molar-refractivity contribution is -0.146. The van der Waals surface area contributed by atoms with Gasteiger partial charge in [-0.25, -0.2) is 9.78 Å². The number of carboxylic acids is 2. The largest absolute Gasteiger partial charge is 0.481 e. The van der Waals surface area contributed by atoms with E-state index >= 15 is 0 Å². The van der Waals surface area contributed by atoms with Gasteiger partial charge in [0.1, 0.15) is 36.3 Å². The molecule has 410 valence electrons. The first kappa shape index (κ1) is 59.6. The number of rotatable bonds is 30. The number of nitrogens with two attached hydrogens (primary N) is 2. The smallest absolute Gasteiger partial charge is 0.328 e. The third-order valence-electron chi connectivity index (χ3n) is 12.1. The Balaban J connectivity index is 1.45. The third kappa shape index (κ3) is 18.2. The quantitative estimate of drug-likeness (QED) is 0.0300. The maximum atomic E-state index is 14.0. The molecule has 4 rings (SSSR count). The van der Waals surface area contributed by atoms with Crippen LogP contribution in [0.25, 0.3) is 10.9 Å². The Kier molecular flexibility index (Phi) is 22.6. The average Bonchev–Trinajstić information content (AvgIpc) is 4.15. The van der Waals surface area contributed by atoms with E-state index in [1.807, 2.05) is 13.8 Å². The number of benzene rings is 1. The van der Waals surface area contributed by atoms with E-state index in [4.69, 9.17) is 11.5 Å². The first-order valence-electron chi connectivity index (χ1n) is 24.2. The van der Waals surface area contributed by atoms with Crippen LogP contribution < -0.4 is 48.7 Å². The van der Waals surface area contributed by atoms with Gasteiger partial charge in [-0.15, -0.1) is 0 Å². The molecule has 0 spiro atoms. The summed E-state index contributed by atoms with van der Waals surface area (Å²) in [5, 5.41) is 57.0. The summed E-state index contributed by atoms with van der Waals surface area (Å²) in [7, 11) is 0. The van der Waals surface area contributed by atoms with Gasteiger partial charge in [-0.05, 0) is 56.6 Å². The van der Waals surface area contributed by atoms with Gasteiger partial charge in [0.15, 0.2) is 6.04 Å². The van der Waals surface area contributed by atoms with Crippen LogP contribution in [0.2, 0.25) is 0 Å². The summed E-state index contributed by atoms with van der Waals surface area (Å²) in [6.45, 7) is 2.89. The van der Waals surface area contributed by atoms with Gasteiger partial charge in [0.25, 0.3) is 0 Å². The minimum absolute atomic E-state index is 0.0254. The van der Waals surface area contributed by atoms with Crippen molar-refractivity contribution in [2.24, 2.45) is 17.4 Å². The maximum Gasteiger partial charge on any atom is 0.328 e. The monoisotopic (exact) mass is 1050 g/mol. The van der Waals surface area contributed by atoms with Crippen LogP contribution in [-0.2, 0) is 65.6 Å². The molecule has 1 aliphatic rings. The summed E-state index contributed by atoms with van der Waals surface area (Å²) in [5.74, 6) is -11.1. The Bertz CT molecular complexity index is 2520. The Morgan fingerprint density at radius 3 is 2.01 bits per heavy atom. The maximum absolute atomic E-state index is 14.0. The van der Waals surface area contributed by atoms with Gasteiger partial charge in [0, 0.05) is 61.2 Å². The van der Waals surface area contributed by atoms with Gasteiger partial charge < -0.3 is 84.0 Å². The normalized spacial score (nSPS) is 16.5. The summed E-state index contributed by atoms with van der Waals surface area (Å²) < 4.78 is 0. The van der Waals surface area contributed by atoms with Gasteiger partial charge in [0.2, 0.25) is 53.2 Å². The van der Waals surface area contributed by atoms with Crippen molar-refractivity contribution in [1.29, 1.82) is 0 Å². The number of H-pyrrole nitrogens is 2. The number of aromatic nitrogens is 3. The molecule has 1 saturated heterocycles. The molecule has 3 aromatic rings. The van der Waals surface area contributed by atoms with Crippen LogP contribution in [0.5, 0.6) is 0 Å². The fraction of sp³-hybridized carbons (Fsp3) is 0.532. The van der Waals surface area contributed by atoms with Crippen LogP contribution in [0.15, 0.2) is 43.0 Å². The van der Waals surface area contributed by atoms with Crippen molar-refractivity contribution in [2.45, 2.75) is 133 Å². The summed E-state index contributed by atoms with van der Waals surface area (Å²) in [5.41, 5.74) is 12.9. The molecule has 0 aliphatic carbocycles. The molecule has 0 unspecified atom stereocenters. The van der Waals surface area contributed by atoms with E-state index in [2.05, 4.69) is 52.2 Å². The first-order valence-corrected chi connectivity index (χ1v) is 24.2. The fourth-order valence-electron chi connectivity index (χ4n) is 8.22. The second-order valence-corrected chi connectivity index (χ2v) is 18.5. The molecular weight excluding hydrogens is 987 g/mol. The number of nitrogens with one attached hydrogen (secondary N) is 9. The van der Waals surface area contributed by atoms with E-state index in [1.54, 1.807) is 30.5 Å². The van der Waals surface area contributed by atoms with Crippen molar-refractivity contribution in [3.8, 4) is 0 Å². The third-order valence-corrected chi connectivity index (χ3v) is 12.1. The summed E-state index contributed by atoms with van der Waals surface area (Å²) >= 11 is 0. The zero-order valence-corrected chi connectivity index (χ0v) is 41.6. The standard InChI is InChI=1S/C47H67N13O15/c1-23(2)15-28(48)40(67)55-31(10-12-36(49)63)43(70)56-33(17-26-19-50-22-53-26)41(68)52-20-37(64)54-30(11-13-38(65)66)42(69)58-34(21-61)46(73)60-14-6-9-35(60)45(72)57-32(44(71)59-39(24(3)62)47(74)75)16-25-18-51-29-8-5-4-7-27(25)29/h4-5,7-8,18-19,22-24,28,30-35,39,51,61-62H,6,9-17,20-21,48H2,1-3H3,(H2,49,63)(H,50,53)(H,52,68)(H,54,64)(H,55,67)(H,56,70)(H,57,72)(H,58,69)(H,59,71)(H,65,66)(H,74,75)/t24-,28+,30+,31+,32+,33+,34+,35+,39+/m1/s1. The number of carboxylic acid groups (broad SMARTS) is 2. The SMILES string of the molecule is CC(C)C[C@H](N)C(=O)N[C@@H](CCC(N)=O)C(=O)N[C@@H](Cc1cnc[nH]1)C(=O)NCC(=O)N[C@@H](CCC(=O)O)C(=O)N[C@@H](CO)C(=O)N1CCC[C@H]1C(=O)N[C@@H](Cc1c[nH]c2ccccc12)C(=O)N[C@H](C(=O)O)[C@@H](C)O. The zero-order valence-electron chi connectivity index (χ0n) is 41.6. The number of hydrogen-bond acceptors (Lipinski definition) is 15. The highest BCUT2D eigenvalue weighted by atomic mass is 16.4. The number of likely N-dealkylation sites (tertiary alicyclic amines) is 1. The van der Waals surface area contributed by atoms with E-state index in [1.165, 1.54) is 12.5 Å². The number of aliphatic carboxylic acids is 2. The fourth-order valence-corrected chi connectivity index (χ4v) is 8.22. The lowest BCUT2D eigenvalue weighted by Crippen LogP contribution is -2.60. The molecule has 9 amide bonds. The molecule has 1 aromatic carbocycles. The van der Waals surface area contributed by atoms with Crippen LogP contribution >= 0.6 is 0 Å². The van der Waals surface area contributed by atoms with Gasteiger partial charge >= 0.3 is 11.9 Å². The Morgan fingerprint density at radius 2 is 1.40 bits per heavy atom. The van der Waals surface area contributed by atoms with E-state index in [-0.39, 0.29) is 57.4 Å². The van der Waals surface area contributed by atoms with Crippen molar-refractivity contribution in [3.05, 3.63) is 54.2 Å². The lowest BCUT2D eigenvalue weighted by atomic mass is 10.0. The Labute approximate surface area is 429 Å². The van der Waals surface area contributed by atoms with Gasteiger partial charge in [0.05, 0.1) is 31.6 Å². The van der Waals surface area contributed by atoms with Gasteiger partial charge in [-0.3, -0.25) is 47.9 Å². The van der Waals surface area contributed by atoms with Crippen molar-refractivity contribution in [3.63, 3.8) is 0 Å². The molecule has 0 saturated carbocycles. The number of hydrogen-bond donors (Lipinski definition) is 15. The molecule has 0 radical (unpaired) electrons. The number of imidazole rings is 1. The molecule has 3 heterocycles. The van der Waals surface area contributed by atoms with Gasteiger partial charge in [-0.2, -0.15) is 0 Å². The Morgan fingerprint density at radius 1 is 0.773 bits per heavy atom. The van der Waals surface area contributed by atoms with E-state index in [0.717, 1.165) is 11.8 Å². The molecule has 28 heteroatoms.